The van der Waals surface area contributed by atoms with Crippen LogP contribution in [-0.2, 0) is 9.53 Å². The number of carbonyl (C=O) groups excluding carboxylic acids is 1. The molecule has 0 rings (SSSR count). The quantitative estimate of drug-likeness (QED) is 0.283. The van der Waals surface area contributed by atoms with Gasteiger partial charge in [0, 0.05) is 23.9 Å². The van der Waals surface area contributed by atoms with E-state index < -0.39 is 0 Å². The van der Waals surface area contributed by atoms with Gasteiger partial charge in [-0.05, 0) is 6.42 Å². The van der Waals surface area contributed by atoms with Gasteiger partial charge in [-0.2, -0.15) is 12.6 Å². The van der Waals surface area contributed by atoms with Gasteiger partial charge in [0.1, 0.15) is 0 Å². The van der Waals surface area contributed by atoms with E-state index in [1.54, 1.807) is 0 Å². The minimum Gasteiger partial charge on any atom is -0.465 e. The van der Waals surface area contributed by atoms with E-state index in [0.717, 1.165) is 6.42 Å². The average Bonchev–Trinajstić information content (AvgIpc) is 2.26. The maximum absolute atomic E-state index is 10.7. The number of rotatable bonds is 10. The van der Waals surface area contributed by atoms with Crippen LogP contribution < -0.4 is 0 Å². The van der Waals surface area contributed by atoms with Crippen LogP contribution in [0.25, 0.3) is 0 Å². The van der Waals surface area contributed by atoms with Crippen molar-refractivity contribution in [1.82, 2.24) is 0 Å². The summed E-state index contributed by atoms with van der Waals surface area (Å²) >= 11 is 3.83. The normalized spacial score (nSPS) is 9.62. The summed E-state index contributed by atoms with van der Waals surface area (Å²) in [6.07, 6.45) is 10.1. The first kappa shape index (κ1) is 19.0. The second-order valence-electron chi connectivity index (χ2n) is 3.85. The number of hydrogen-bond donors (Lipinski definition) is 1. The van der Waals surface area contributed by atoms with E-state index in [4.69, 9.17) is 4.74 Å². The minimum absolute atomic E-state index is 0. The molecule has 2 nitrogen and oxygen atoms in total. The third kappa shape index (κ3) is 14.6. The van der Waals surface area contributed by atoms with Crippen molar-refractivity contribution in [1.29, 1.82) is 0 Å². The van der Waals surface area contributed by atoms with Crippen LogP contribution in [0.4, 0.5) is 0 Å². The van der Waals surface area contributed by atoms with Crippen LogP contribution >= 0.6 is 12.6 Å². The van der Waals surface area contributed by atoms with Gasteiger partial charge < -0.3 is 4.74 Å². The van der Waals surface area contributed by atoms with Crippen molar-refractivity contribution < 1.29 is 9.53 Å². The third-order valence-electron chi connectivity index (χ3n) is 2.39. The standard InChI is InChI=1S/C12H24O2S.Sn/c1-2-3-4-5-6-7-8-9-10-14-12(13)11-15;/h15H,2-11H2,1H3;. The molecular weight excluding hydrogens is 327 g/mol. The van der Waals surface area contributed by atoms with Crippen LogP contribution in [0.3, 0.4) is 0 Å². The van der Waals surface area contributed by atoms with Crippen molar-refractivity contribution in [2.24, 2.45) is 0 Å². The van der Waals surface area contributed by atoms with Gasteiger partial charge in [-0.3, -0.25) is 4.79 Å². The van der Waals surface area contributed by atoms with Crippen molar-refractivity contribution in [3.05, 3.63) is 0 Å². The van der Waals surface area contributed by atoms with Gasteiger partial charge in [0.15, 0.2) is 0 Å². The Kier molecular flexibility index (Phi) is 18.5. The van der Waals surface area contributed by atoms with Crippen molar-refractivity contribution >= 4 is 42.5 Å². The van der Waals surface area contributed by atoms with Gasteiger partial charge in [0.05, 0.1) is 12.4 Å². The summed E-state index contributed by atoms with van der Waals surface area (Å²) in [6, 6.07) is 0. The first-order valence-electron chi connectivity index (χ1n) is 6.07. The molecule has 0 amide bonds. The molecule has 0 spiro atoms. The van der Waals surface area contributed by atoms with E-state index in [1.807, 2.05) is 0 Å². The largest absolute Gasteiger partial charge is 0.465 e. The van der Waals surface area contributed by atoms with Gasteiger partial charge >= 0.3 is 5.97 Å². The molecule has 0 aromatic carbocycles. The van der Waals surface area contributed by atoms with Gasteiger partial charge in [-0.1, -0.05) is 51.9 Å². The smallest absolute Gasteiger partial charge is 0.315 e. The monoisotopic (exact) mass is 352 g/mol. The molecule has 0 atom stereocenters. The number of thiol groups is 1. The molecule has 0 aliphatic carbocycles. The van der Waals surface area contributed by atoms with Crippen molar-refractivity contribution in [3.63, 3.8) is 0 Å². The van der Waals surface area contributed by atoms with Crippen LogP contribution in [0.2, 0.25) is 0 Å². The van der Waals surface area contributed by atoms with Crippen LogP contribution in [-0.4, -0.2) is 42.2 Å². The summed E-state index contributed by atoms with van der Waals surface area (Å²) in [5.74, 6) is -0.0157. The molecule has 0 saturated carbocycles. The molecule has 94 valence electrons. The summed E-state index contributed by atoms with van der Waals surface area (Å²) in [6.45, 7) is 2.80. The van der Waals surface area contributed by atoms with Gasteiger partial charge in [-0.15, -0.1) is 0 Å². The minimum atomic E-state index is -0.207. The van der Waals surface area contributed by atoms with Crippen LogP contribution in [0, 0.1) is 0 Å². The second-order valence-corrected chi connectivity index (χ2v) is 4.17. The van der Waals surface area contributed by atoms with E-state index >= 15 is 0 Å². The number of esters is 1. The zero-order chi connectivity index (χ0) is 11.4. The second kappa shape index (κ2) is 15.6. The van der Waals surface area contributed by atoms with Gasteiger partial charge in [0.2, 0.25) is 0 Å². The predicted octanol–water partition coefficient (Wildman–Crippen LogP) is 3.22. The average molecular weight is 351 g/mol. The Labute approximate surface area is 122 Å². The molecule has 16 heavy (non-hydrogen) atoms. The molecule has 0 heterocycles. The number of unbranched alkanes of at least 4 members (excludes halogenated alkanes) is 7. The number of ether oxygens (including phenoxy) is 1. The zero-order valence-corrected chi connectivity index (χ0v) is 14.1. The molecule has 4 heteroatoms. The van der Waals surface area contributed by atoms with E-state index in [2.05, 4.69) is 19.6 Å². The molecule has 0 aromatic heterocycles. The van der Waals surface area contributed by atoms with E-state index in [9.17, 15) is 4.79 Å². The van der Waals surface area contributed by atoms with E-state index in [-0.39, 0.29) is 35.6 Å². The Balaban J connectivity index is 0. The van der Waals surface area contributed by atoms with Crippen molar-refractivity contribution in [2.75, 3.05) is 12.4 Å². The summed E-state index contributed by atoms with van der Waals surface area (Å²) in [4.78, 5) is 10.7. The number of hydrogen-bond acceptors (Lipinski definition) is 3. The van der Waals surface area contributed by atoms with Crippen molar-refractivity contribution in [3.8, 4) is 0 Å². The summed E-state index contributed by atoms with van der Waals surface area (Å²) < 4.78 is 4.92. The predicted molar refractivity (Wildman–Crippen MR) is 73.2 cm³/mol. The first-order chi connectivity index (χ1) is 7.31. The molecular formula is C12H24O2SSn. The maximum atomic E-state index is 10.7. The Bertz CT molecular complexity index is 154. The molecule has 0 bridgehead atoms. The zero-order valence-electron chi connectivity index (χ0n) is 10.3. The molecule has 0 saturated heterocycles. The van der Waals surface area contributed by atoms with Crippen LogP contribution in [0.1, 0.15) is 58.3 Å². The molecule has 4 radical (unpaired) electrons. The molecule has 0 N–H and O–H groups in total. The van der Waals surface area contributed by atoms with E-state index in [1.165, 1.54) is 44.9 Å². The fraction of sp³-hybridized carbons (Fsp3) is 0.917. The Morgan fingerprint density at radius 1 is 1.00 bits per heavy atom. The summed E-state index contributed by atoms with van der Waals surface area (Å²) in [7, 11) is 0. The summed E-state index contributed by atoms with van der Waals surface area (Å²) in [5.41, 5.74) is 0. The van der Waals surface area contributed by atoms with Crippen LogP contribution in [0.5, 0.6) is 0 Å². The topological polar surface area (TPSA) is 26.3 Å². The number of carbonyl (C=O) groups is 1. The molecule has 0 unspecified atom stereocenters. The van der Waals surface area contributed by atoms with Gasteiger partial charge in [0.25, 0.3) is 0 Å². The summed E-state index contributed by atoms with van der Waals surface area (Å²) in [5, 5.41) is 0. The third-order valence-corrected chi connectivity index (χ3v) is 2.65. The van der Waals surface area contributed by atoms with E-state index in [0.29, 0.717) is 6.61 Å². The first-order valence-corrected chi connectivity index (χ1v) is 6.71. The molecule has 0 aliphatic rings. The molecule has 0 aliphatic heterocycles. The van der Waals surface area contributed by atoms with Gasteiger partial charge in [-0.25, -0.2) is 0 Å². The van der Waals surface area contributed by atoms with Crippen LogP contribution in [0.15, 0.2) is 0 Å². The fourth-order valence-corrected chi connectivity index (χ4v) is 1.56. The molecule has 0 fully saturated rings. The SMILES string of the molecule is CCCCCCCCCCOC(=O)CS.[Sn]. The Morgan fingerprint density at radius 2 is 1.50 bits per heavy atom. The Hall–Kier alpha value is 0.619. The Morgan fingerprint density at radius 3 is 2.00 bits per heavy atom. The fourth-order valence-electron chi connectivity index (χ4n) is 1.47. The maximum Gasteiger partial charge on any atom is 0.315 e. The molecule has 0 aromatic rings. The van der Waals surface area contributed by atoms with Crippen molar-refractivity contribution in [2.45, 2.75) is 58.3 Å².